The normalized spacial score (nSPS) is 13.1. The lowest BCUT2D eigenvalue weighted by atomic mass is 9.93. The fourth-order valence-electron chi connectivity index (χ4n) is 5.09. The van der Waals surface area contributed by atoms with Gasteiger partial charge >= 0.3 is 0 Å². The van der Waals surface area contributed by atoms with Crippen molar-refractivity contribution in [1.82, 2.24) is 15.1 Å². The molecule has 0 saturated heterocycles. The monoisotopic (exact) mass is 457 g/mol. The molecule has 4 nitrogen and oxygen atoms in total. The molecule has 180 valence electrons. The van der Waals surface area contributed by atoms with Crippen LogP contribution in [0.1, 0.15) is 84.8 Å². The lowest BCUT2D eigenvalue weighted by molar-refractivity contribution is 0.0940. The molecule has 0 spiro atoms. The van der Waals surface area contributed by atoms with E-state index in [1.165, 1.54) is 47.1 Å². The van der Waals surface area contributed by atoms with E-state index in [0.717, 1.165) is 30.0 Å². The third kappa shape index (κ3) is 5.27. The van der Waals surface area contributed by atoms with Gasteiger partial charge in [-0.25, -0.2) is 0 Å². The third-order valence-corrected chi connectivity index (χ3v) is 7.44. The van der Waals surface area contributed by atoms with Crippen LogP contribution in [-0.2, 0) is 13.0 Å². The maximum Gasteiger partial charge on any atom is 0.272 e. The maximum absolute atomic E-state index is 13.3. The summed E-state index contributed by atoms with van der Waals surface area (Å²) in [7, 11) is 0. The second-order valence-electron chi connectivity index (χ2n) is 10.2. The molecule has 1 unspecified atom stereocenters. The molecule has 0 fully saturated rings. The predicted octanol–water partition coefficient (Wildman–Crippen LogP) is 6.70. The van der Waals surface area contributed by atoms with E-state index in [1.807, 2.05) is 4.68 Å². The van der Waals surface area contributed by atoms with E-state index in [1.54, 1.807) is 0 Å². The van der Waals surface area contributed by atoms with Gasteiger partial charge in [0.15, 0.2) is 5.69 Å². The van der Waals surface area contributed by atoms with Crippen LogP contribution < -0.4 is 5.32 Å². The molecule has 2 aromatic carbocycles. The maximum atomic E-state index is 13.3. The molecule has 34 heavy (non-hydrogen) atoms. The number of nitrogens with one attached hydrogen (secondary N) is 1. The molecule has 4 rings (SSSR count). The van der Waals surface area contributed by atoms with Crippen molar-refractivity contribution >= 4 is 5.91 Å². The van der Waals surface area contributed by atoms with Gasteiger partial charge in [-0.05, 0) is 43.2 Å². The molecular weight excluding hydrogens is 418 g/mol. The van der Waals surface area contributed by atoms with E-state index >= 15 is 0 Å². The minimum Gasteiger partial charge on any atom is -0.350 e. The Bertz CT molecular complexity index is 1140. The van der Waals surface area contributed by atoms with E-state index in [9.17, 15) is 4.79 Å². The van der Waals surface area contributed by atoms with E-state index in [2.05, 4.69) is 82.4 Å². The van der Waals surface area contributed by atoms with Gasteiger partial charge in [-0.3, -0.25) is 9.48 Å². The fourth-order valence-corrected chi connectivity index (χ4v) is 5.09. The molecule has 1 aliphatic carbocycles. The molecule has 3 aromatic rings. The molecule has 4 heteroatoms. The number of fused-ring (bicyclic) bond motifs is 3. The largest absolute Gasteiger partial charge is 0.350 e. The molecule has 1 atom stereocenters. The van der Waals surface area contributed by atoms with Crippen molar-refractivity contribution < 1.29 is 4.79 Å². The summed E-state index contributed by atoms with van der Waals surface area (Å²) in [4.78, 5) is 13.3. The quantitative estimate of drug-likeness (QED) is 0.288. The standard InChI is InChI=1S/C30H39N3O/c1-6-23(7-2)12-10-22(5)18-31-30(34)28-27-17-25-16-21(4)11-15-26(25)29(27)33(32-28)19-24-13-8-20(3)9-14-24/h8-9,11,13-16,22-23H,6-7,10,12,17-19H2,1-5H3,(H,31,34). The lowest BCUT2D eigenvalue weighted by Crippen LogP contribution is -2.29. The minimum atomic E-state index is -0.0437. The third-order valence-electron chi connectivity index (χ3n) is 7.44. The van der Waals surface area contributed by atoms with Crippen molar-refractivity contribution in [3.05, 3.63) is 76.0 Å². The van der Waals surface area contributed by atoms with Crippen LogP contribution in [0.4, 0.5) is 0 Å². The highest BCUT2D eigenvalue weighted by Gasteiger charge is 2.30. The number of carbonyl (C=O) groups excluding carboxylic acids is 1. The molecule has 1 heterocycles. The molecule has 0 radical (unpaired) electrons. The Hall–Kier alpha value is -2.88. The van der Waals surface area contributed by atoms with Crippen LogP contribution in [0.25, 0.3) is 11.3 Å². The van der Waals surface area contributed by atoms with E-state index in [0.29, 0.717) is 24.7 Å². The second kappa shape index (κ2) is 10.6. The summed E-state index contributed by atoms with van der Waals surface area (Å²) in [5.74, 6) is 1.21. The minimum absolute atomic E-state index is 0.0437. The highest BCUT2D eigenvalue weighted by atomic mass is 16.1. The number of aromatic nitrogens is 2. The predicted molar refractivity (Wildman–Crippen MR) is 140 cm³/mol. The van der Waals surface area contributed by atoms with E-state index in [-0.39, 0.29) is 5.91 Å². The first-order valence-electron chi connectivity index (χ1n) is 12.9. The Morgan fingerprint density at radius 3 is 2.44 bits per heavy atom. The van der Waals surface area contributed by atoms with Gasteiger partial charge < -0.3 is 5.32 Å². The number of nitrogens with zero attached hydrogens (tertiary/aromatic N) is 2. The number of amides is 1. The van der Waals surface area contributed by atoms with Gasteiger partial charge in [0, 0.05) is 24.1 Å². The van der Waals surface area contributed by atoms with E-state index in [4.69, 9.17) is 5.10 Å². The first-order valence-corrected chi connectivity index (χ1v) is 12.9. The van der Waals surface area contributed by atoms with Crippen LogP contribution in [0.15, 0.2) is 42.5 Å². The van der Waals surface area contributed by atoms with Crippen molar-refractivity contribution in [2.45, 2.75) is 73.3 Å². The first kappa shape index (κ1) is 24.3. The van der Waals surface area contributed by atoms with Gasteiger partial charge in [-0.2, -0.15) is 5.10 Å². The van der Waals surface area contributed by atoms with Crippen LogP contribution in [0.3, 0.4) is 0 Å². The van der Waals surface area contributed by atoms with Gasteiger partial charge in [0.2, 0.25) is 0 Å². The smallest absolute Gasteiger partial charge is 0.272 e. The van der Waals surface area contributed by atoms with Gasteiger partial charge in [0.25, 0.3) is 5.91 Å². The molecular formula is C30H39N3O. The molecule has 0 saturated carbocycles. The highest BCUT2D eigenvalue weighted by molar-refractivity contribution is 5.97. The van der Waals surface area contributed by atoms with Crippen molar-refractivity contribution in [2.24, 2.45) is 11.8 Å². The van der Waals surface area contributed by atoms with Crippen molar-refractivity contribution in [3.63, 3.8) is 0 Å². The van der Waals surface area contributed by atoms with Crippen molar-refractivity contribution in [3.8, 4) is 11.3 Å². The van der Waals surface area contributed by atoms with Gasteiger partial charge in [-0.1, -0.05) is 93.6 Å². The zero-order chi connectivity index (χ0) is 24.2. The first-order chi connectivity index (χ1) is 16.4. The van der Waals surface area contributed by atoms with E-state index < -0.39 is 0 Å². The zero-order valence-electron chi connectivity index (χ0n) is 21.4. The summed E-state index contributed by atoms with van der Waals surface area (Å²) >= 11 is 0. The van der Waals surface area contributed by atoms with Crippen LogP contribution in [0.5, 0.6) is 0 Å². The SMILES string of the molecule is CCC(CC)CCC(C)CNC(=O)c1nn(Cc2ccc(C)cc2)c2c1Cc1cc(C)ccc1-2. The second-order valence-corrected chi connectivity index (χ2v) is 10.2. The van der Waals surface area contributed by atoms with Crippen molar-refractivity contribution in [1.29, 1.82) is 0 Å². The Morgan fingerprint density at radius 2 is 1.74 bits per heavy atom. The van der Waals surface area contributed by atoms with Crippen LogP contribution in [0, 0.1) is 25.7 Å². The average molecular weight is 458 g/mol. The summed E-state index contributed by atoms with van der Waals surface area (Å²) < 4.78 is 2.03. The molecule has 1 aliphatic rings. The topological polar surface area (TPSA) is 46.9 Å². The number of benzene rings is 2. The zero-order valence-corrected chi connectivity index (χ0v) is 21.4. The molecule has 1 aromatic heterocycles. The fraction of sp³-hybridized carbons (Fsp3) is 0.467. The number of hydrogen-bond donors (Lipinski definition) is 1. The Balaban J connectivity index is 1.54. The number of aryl methyl sites for hydroxylation is 2. The number of carbonyl (C=O) groups is 1. The van der Waals surface area contributed by atoms with Crippen LogP contribution in [-0.4, -0.2) is 22.2 Å². The van der Waals surface area contributed by atoms with Gasteiger partial charge in [-0.15, -0.1) is 0 Å². The molecule has 1 amide bonds. The number of hydrogen-bond acceptors (Lipinski definition) is 2. The highest BCUT2D eigenvalue weighted by Crippen LogP contribution is 2.39. The number of rotatable bonds is 10. The Labute approximate surface area is 204 Å². The van der Waals surface area contributed by atoms with Gasteiger partial charge in [0.05, 0.1) is 12.2 Å². The summed E-state index contributed by atoms with van der Waals surface area (Å²) in [5, 5.41) is 8.05. The summed E-state index contributed by atoms with van der Waals surface area (Å²) in [6, 6.07) is 15.1. The summed E-state index contributed by atoms with van der Waals surface area (Å²) in [6.07, 6.45) is 5.63. The van der Waals surface area contributed by atoms with Gasteiger partial charge in [0.1, 0.15) is 0 Å². The van der Waals surface area contributed by atoms with Crippen molar-refractivity contribution in [2.75, 3.05) is 6.54 Å². The molecule has 1 N–H and O–H groups in total. The molecule has 0 aliphatic heterocycles. The summed E-state index contributed by atoms with van der Waals surface area (Å²) in [5.41, 5.74) is 8.93. The lowest BCUT2D eigenvalue weighted by Gasteiger charge is -2.16. The Morgan fingerprint density at radius 1 is 1.03 bits per heavy atom. The molecule has 0 bridgehead atoms. The Kier molecular flexibility index (Phi) is 7.55. The van der Waals surface area contributed by atoms with Crippen LogP contribution >= 0.6 is 0 Å². The average Bonchev–Trinajstić information content (AvgIpc) is 3.36. The summed E-state index contributed by atoms with van der Waals surface area (Å²) in [6.45, 7) is 12.4. The van der Waals surface area contributed by atoms with Crippen LogP contribution in [0.2, 0.25) is 0 Å².